The molecule has 4 nitrogen and oxygen atoms in total. The lowest BCUT2D eigenvalue weighted by atomic mass is 9.70. The zero-order valence-electron chi connectivity index (χ0n) is 12.4. The highest BCUT2D eigenvalue weighted by Gasteiger charge is 2.41. The molecule has 0 radical (unpaired) electrons. The van der Waals surface area contributed by atoms with E-state index in [2.05, 4.69) is 13.2 Å². The first-order valence-corrected chi connectivity index (χ1v) is 6.94. The van der Waals surface area contributed by atoms with E-state index in [-0.39, 0.29) is 5.78 Å². The highest BCUT2D eigenvalue weighted by Crippen LogP contribution is 2.38. The number of rotatable bonds is 4. The van der Waals surface area contributed by atoms with Crippen molar-refractivity contribution in [2.75, 3.05) is 7.11 Å². The Bertz CT molecular complexity index is 497. The maximum absolute atomic E-state index is 11.6. The number of methoxy groups -OCH3 is 1. The van der Waals surface area contributed by atoms with E-state index in [4.69, 9.17) is 4.74 Å². The second kappa shape index (κ2) is 7.62. The third-order valence-corrected chi connectivity index (χ3v) is 3.90. The van der Waals surface area contributed by atoms with Crippen LogP contribution in [0.3, 0.4) is 0 Å². The minimum absolute atomic E-state index is 0.169. The number of ketones is 1. The smallest absolute Gasteiger partial charge is 0.309 e. The van der Waals surface area contributed by atoms with Crippen LogP contribution in [0.5, 0.6) is 5.75 Å². The molecule has 0 atom stereocenters. The van der Waals surface area contributed by atoms with Gasteiger partial charge in [0.2, 0.25) is 0 Å². The van der Waals surface area contributed by atoms with Crippen molar-refractivity contribution in [3.05, 3.63) is 43.0 Å². The van der Waals surface area contributed by atoms with E-state index >= 15 is 0 Å². The van der Waals surface area contributed by atoms with Crippen molar-refractivity contribution in [1.29, 1.82) is 0 Å². The largest absolute Gasteiger partial charge is 0.497 e. The number of ether oxygens (including phenoxy) is 1. The average Bonchev–Trinajstić information content (AvgIpc) is 2.52. The first-order valence-electron chi connectivity index (χ1n) is 6.94. The summed E-state index contributed by atoms with van der Waals surface area (Å²) in [5.41, 5.74) is 0.136. The zero-order valence-corrected chi connectivity index (χ0v) is 12.4. The summed E-state index contributed by atoms with van der Waals surface area (Å²) in [6, 6.07) is 7.46. The molecule has 0 heterocycles. The standard InChI is InChI=1S/C15H18O4.C2H4/c1-19-13-4-2-3-11(9-13)10-15(14(17)18)7-5-12(16)6-8-15;1-2/h2-4,9H,5-8,10H2,1H3,(H,17,18);1-2H2. The molecule has 114 valence electrons. The number of aliphatic carboxylic acids is 1. The Balaban J connectivity index is 0.00000106. The molecule has 1 N–H and O–H groups in total. The van der Waals surface area contributed by atoms with Gasteiger partial charge in [0.25, 0.3) is 0 Å². The number of carboxylic acid groups (broad SMARTS) is 1. The monoisotopic (exact) mass is 290 g/mol. The van der Waals surface area contributed by atoms with Crippen molar-refractivity contribution in [2.45, 2.75) is 32.1 Å². The van der Waals surface area contributed by atoms with Gasteiger partial charge in [0, 0.05) is 12.8 Å². The van der Waals surface area contributed by atoms with Gasteiger partial charge in [-0.3, -0.25) is 9.59 Å². The molecule has 1 aromatic carbocycles. The first kappa shape index (κ1) is 17.0. The van der Waals surface area contributed by atoms with Gasteiger partial charge in [0.15, 0.2) is 0 Å². The molecule has 0 amide bonds. The third kappa shape index (κ3) is 4.18. The molecular formula is C17H22O4. The lowest BCUT2D eigenvalue weighted by Crippen LogP contribution is -2.37. The van der Waals surface area contributed by atoms with E-state index in [1.54, 1.807) is 7.11 Å². The fourth-order valence-corrected chi connectivity index (χ4v) is 2.65. The van der Waals surface area contributed by atoms with Gasteiger partial charge < -0.3 is 9.84 Å². The van der Waals surface area contributed by atoms with Gasteiger partial charge >= 0.3 is 5.97 Å². The van der Waals surface area contributed by atoms with E-state index < -0.39 is 11.4 Å². The highest BCUT2D eigenvalue weighted by atomic mass is 16.5. The van der Waals surface area contributed by atoms with Crippen molar-refractivity contribution < 1.29 is 19.4 Å². The minimum atomic E-state index is -0.805. The van der Waals surface area contributed by atoms with Crippen molar-refractivity contribution in [1.82, 2.24) is 0 Å². The Morgan fingerprint density at radius 2 is 1.95 bits per heavy atom. The Hall–Kier alpha value is -2.10. The minimum Gasteiger partial charge on any atom is -0.497 e. The summed E-state index contributed by atoms with van der Waals surface area (Å²) < 4.78 is 5.15. The van der Waals surface area contributed by atoms with Gasteiger partial charge in [-0.15, -0.1) is 13.2 Å². The quantitative estimate of drug-likeness (QED) is 0.865. The molecule has 0 unspecified atom stereocenters. The number of carbonyl (C=O) groups excluding carboxylic acids is 1. The number of benzene rings is 1. The van der Waals surface area contributed by atoms with Crippen molar-refractivity contribution in [3.63, 3.8) is 0 Å². The summed E-state index contributed by atoms with van der Waals surface area (Å²) in [6.07, 6.45) is 2.05. The van der Waals surface area contributed by atoms with E-state index in [1.165, 1.54) is 0 Å². The van der Waals surface area contributed by atoms with Crippen molar-refractivity contribution in [2.24, 2.45) is 5.41 Å². The molecule has 0 aromatic heterocycles. The van der Waals surface area contributed by atoms with E-state index in [9.17, 15) is 14.7 Å². The molecule has 2 rings (SSSR count). The molecule has 1 aliphatic carbocycles. The second-order valence-electron chi connectivity index (χ2n) is 5.15. The molecule has 21 heavy (non-hydrogen) atoms. The topological polar surface area (TPSA) is 63.6 Å². The fourth-order valence-electron chi connectivity index (χ4n) is 2.65. The van der Waals surface area contributed by atoms with E-state index in [0.717, 1.165) is 11.3 Å². The molecule has 1 aromatic rings. The third-order valence-electron chi connectivity index (χ3n) is 3.90. The molecule has 0 aliphatic heterocycles. The average molecular weight is 290 g/mol. The number of hydrogen-bond donors (Lipinski definition) is 1. The van der Waals surface area contributed by atoms with Crippen LogP contribution in [0, 0.1) is 5.41 Å². The van der Waals surface area contributed by atoms with Gasteiger partial charge in [-0.05, 0) is 37.0 Å². The maximum atomic E-state index is 11.6. The van der Waals surface area contributed by atoms with Gasteiger partial charge in [0.1, 0.15) is 11.5 Å². The van der Waals surface area contributed by atoms with Crippen LogP contribution in [0.4, 0.5) is 0 Å². The Morgan fingerprint density at radius 3 is 2.48 bits per heavy atom. The normalized spacial score (nSPS) is 16.5. The summed E-state index contributed by atoms with van der Waals surface area (Å²) in [5.74, 6) is 0.0928. The molecule has 0 saturated heterocycles. The summed E-state index contributed by atoms with van der Waals surface area (Å²) >= 11 is 0. The number of Topliss-reactive ketones (excluding diaryl/α,β-unsaturated/α-hetero) is 1. The second-order valence-corrected chi connectivity index (χ2v) is 5.15. The van der Waals surface area contributed by atoms with Gasteiger partial charge in [-0.25, -0.2) is 0 Å². The summed E-state index contributed by atoms with van der Waals surface area (Å²) in [7, 11) is 1.59. The molecule has 1 aliphatic rings. The maximum Gasteiger partial charge on any atom is 0.309 e. The molecule has 0 bridgehead atoms. The number of carboxylic acids is 1. The van der Waals surface area contributed by atoms with Crippen LogP contribution in [0.25, 0.3) is 0 Å². The van der Waals surface area contributed by atoms with Crippen LogP contribution in [0.2, 0.25) is 0 Å². The van der Waals surface area contributed by atoms with Crippen LogP contribution in [0.1, 0.15) is 31.2 Å². The van der Waals surface area contributed by atoms with Crippen LogP contribution >= 0.6 is 0 Å². The Morgan fingerprint density at radius 1 is 1.33 bits per heavy atom. The highest BCUT2D eigenvalue weighted by molar-refractivity contribution is 5.84. The summed E-state index contributed by atoms with van der Waals surface area (Å²) in [6.45, 7) is 6.00. The summed E-state index contributed by atoms with van der Waals surface area (Å²) in [5, 5.41) is 9.52. The SMILES string of the molecule is C=C.COc1cccc(CC2(C(=O)O)CCC(=O)CC2)c1. The molecule has 1 saturated carbocycles. The predicted molar refractivity (Wildman–Crippen MR) is 81.5 cm³/mol. The fraction of sp³-hybridized carbons (Fsp3) is 0.412. The van der Waals surface area contributed by atoms with Crippen molar-refractivity contribution in [3.8, 4) is 5.75 Å². The van der Waals surface area contributed by atoms with Crippen LogP contribution in [0.15, 0.2) is 37.4 Å². The predicted octanol–water partition coefficient (Wildman–Crippen LogP) is 3.25. The molecular weight excluding hydrogens is 268 g/mol. The Labute approximate surface area is 125 Å². The number of carbonyl (C=O) groups is 2. The Kier molecular flexibility index (Phi) is 6.15. The van der Waals surface area contributed by atoms with E-state index in [0.29, 0.717) is 32.1 Å². The van der Waals surface area contributed by atoms with Crippen LogP contribution < -0.4 is 4.74 Å². The van der Waals surface area contributed by atoms with Gasteiger partial charge in [0.05, 0.1) is 12.5 Å². The lowest BCUT2D eigenvalue weighted by Gasteiger charge is -2.32. The molecule has 4 heteroatoms. The molecule has 0 spiro atoms. The number of hydrogen-bond acceptors (Lipinski definition) is 3. The van der Waals surface area contributed by atoms with Crippen molar-refractivity contribution >= 4 is 11.8 Å². The summed E-state index contributed by atoms with van der Waals surface area (Å²) in [4.78, 5) is 22.9. The van der Waals surface area contributed by atoms with Crippen LogP contribution in [-0.4, -0.2) is 24.0 Å². The van der Waals surface area contributed by atoms with Gasteiger partial charge in [-0.1, -0.05) is 12.1 Å². The van der Waals surface area contributed by atoms with Crippen LogP contribution in [-0.2, 0) is 16.0 Å². The zero-order chi connectivity index (χ0) is 15.9. The molecule has 1 fully saturated rings. The first-order chi connectivity index (χ1) is 10.1. The lowest BCUT2D eigenvalue weighted by molar-refractivity contribution is -0.152. The van der Waals surface area contributed by atoms with Gasteiger partial charge in [-0.2, -0.15) is 0 Å². The van der Waals surface area contributed by atoms with E-state index in [1.807, 2.05) is 24.3 Å².